The minimum atomic E-state index is 0. The molecule has 33 heavy (non-hydrogen) atoms. The highest BCUT2D eigenvalue weighted by molar-refractivity contribution is 14.0. The van der Waals surface area contributed by atoms with Crippen LogP contribution in [0.25, 0.3) is 0 Å². The Morgan fingerprint density at radius 3 is 2.52 bits per heavy atom. The minimum absolute atomic E-state index is 0. The summed E-state index contributed by atoms with van der Waals surface area (Å²) >= 11 is 0. The highest BCUT2D eigenvalue weighted by Gasteiger charge is 2.08. The zero-order valence-electron chi connectivity index (χ0n) is 19.5. The van der Waals surface area contributed by atoms with E-state index < -0.39 is 0 Å². The third kappa shape index (κ3) is 8.53. The predicted molar refractivity (Wildman–Crippen MR) is 144 cm³/mol. The Morgan fingerprint density at radius 2 is 1.79 bits per heavy atom. The third-order valence-corrected chi connectivity index (χ3v) is 4.95. The third-order valence-electron chi connectivity index (χ3n) is 4.95. The van der Waals surface area contributed by atoms with Gasteiger partial charge in [0, 0.05) is 45.1 Å². The Labute approximate surface area is 213 Å². The zero-order chi connectivity index (χ0) is 22.8. The number of carbonyl (C=O) groups is 1. The van der Waals surface area contributed by atoms with Gasteiger partial charge in [0.05, 0.1) is 13.1 Å². The topological polar surface area (TPSA) is 74.5 Å². The van der Waals surface area contributed by atoms with Crippen LogP contribution in [0, 0.1) is 0 Å². The summed E-state index contributed by atoms with van der Waals surface area (Å²) in [5, 5.41) is 11.0. The SMILES string of the molecule is CCNC(=NCc1cccc(Cn2cccn2)c1)NCCc1cccc(C(=O)N(C)C)c1.I. The summed E-state index contributed by atoms with van der Waals surface area (Å²) in [7, 11) is 3.53. The number of nitrogens with zero attached hydrogens (tertiary/aromatic N) is 4. The van der Waals surface area contributed by atoms with E-state index >= 15 is 0 Å². The van der Waals surface area contributed by atoms with E-state index in [0.29, 0.717) is 12.1 Å². The lowest BCUT2D eigenvalue weighted by Crippen LogP contribution is -2.38. The average molecular weight is 560 g/mol. The molecule has 3 rings (SSSR count). The number of aromatic nitrogens is 2. The number of halogens is 1. The van der Waals surface area contributed by atoms with Gasteiger partial charge in [-0.1, -0.05) is 36.4 Å². The number of carbonyl (C=O) groups excluding carboxylic acids is 1. The van der Waals surface area contributed by atoms with Crippen LogP contribution in [-0.4, -0.2) is 53.7 Å². The number of guanidine groups is 1. The summed E-state index contributed by atoms with van der Waals surface area (Å²) in [6.07, 6.45) is 4.56. The fourth-order valence-corrected chi connectivity index (χ4v) is 3.36. The van der Waals surface area contributed by atoms with Crippen LogP contribution in [0.1, 0.15) is 34.0 Å². The van der Waals surface area contributed by atoms with Crippen LogP contribution in [0.15, 0.2) is 72.0 Å². The average Bonchev–Trinajstić information content (AvgIpc) is 3.30. The van der Waals surface area contributed by atoms with Crippen molar-refractivity contribution in [3.05, 3.63) is 89.2 Å². The maximum absolute atomic E-state index is 12.2. The molecule has 0 atom stereocenters. The number of rotatable bonds is 9. The summed E-state index contributed by atoms with van der Waals surface area (Å²) in [5.41, 5.74) is 4.18. The standard InChI is InChI=1S/C25H32N6O.HI/c1-4-26-25(27-14-12-20-8-6-11-23(17-20)24(32)30(2)3)28-18-21-9-5-10-22(16-21)19-31-15-7-13-29-31;/h5-11,13,15-17H,4,12,14,18-19H2,1-3H3,(H2,26,27,28);1H. The van der Waals surface area contributed by atoms with Gasteiger partial charge >= 0.3 is 0 Å². The summed E-state index contributed by atoms with van der Waals surface area (Å²) in [6.45, 7) is 4.91. The molecule has 0 unspecified atom stereocenters. The van der Waals surface area contributed by atoms with Crippen molar-refractivity contribution in [1.82, 2.24) is 25.3 Å². The lowest BCUT2D eigenvalue weighted by atomic mass is 10.1. The molecular formula is C25H33IN6O. The first-order valence-electron chi connectivity index (χ1n) is 10.9. The highest BCUT2D eigenvalue weighted by atomic mass is 127. The van der Waals surface area contributed by atoms with Gasteiger partial charge in [-0.15, -0.1) is 24.0 Å². The fraction of sp³-hybridized carbons (Fsp3) is 0.320. The Hall–Kier alpha value is -2.88. The number of hydrogen-bond acceptors (Lipinski definition) is 3. The number of aliphatic imine (C=N–C) groups is 1. The van der Waals surface area contributed by atoms with E-state index in [1.165, 1.54) is 5.56 Å². The van der Waals surface area contributed by atoms with Crippen LogP contribution in [0.5, 0.6) is 0 Å². The van der Waals surface area contributed by atoms with Crippen LogP contribution < -0.4 is 10.6 Å². The minimum Gasteiger partial charge on any atom is -0.357 e. The van der Waals surface area contributed by atoms with Crippen molar-refractivity contribution < 1.29 is 4.79 Å². The molecule has 0 aliphatic rings. The van der Waals surface area contributed by atoms with E-state index in [-0.39, 0.29) is 29.9 Å². The molecule has 0 saturated heterocycles. The summed E-state index contributed by atoms with van der Waals surface area (Å²) in [4.78, 5) is 18.5. The number of nitrogens with one attached hydrogen (secondary N) is 2. The molecule has 2 N–H and O–H groups in total. The lowest BCUT2D eigenvalue weighted by Gasteiger charge is -2.13. The number of benzene rings is 2. The molecule has 176 valence electrons. The molecule has 0 bridgehead atoms. The molecule has 0 aliphatic heterocycles. The van der Waals surface area contributed by atoms with E-state index in [1.54, 1.807) is 25.2 Å². The van der Waals surface area contributed by atoms with Gasteiger partial charge in [-0.2, -0.15) is 5.10 Å². The second-order valence-electron chi connectivity index (χ2n) is 7.80. The second-order valence-corrected chi connectivity index (χ2v) is 7.80. The molecule has 1 amide bonds. The Morgan fingerprint density at radius 1 is 1.03 bits per heavy atom. The van der Waals surface area contributed by atoms with Gasteiger partial charge in [0.1, 0.15) is 0 Å². The number of hydrogen-bond donors (Lipinski definition) is 2. The maximum Gasteiger partial charge on any atom is 0.253 e. The van der Waals surface area contributed by atoms with Gasteiger partial charge in [0.15, 0.2) is 5.96 Å². The van der Waals surface area contributed by atoms with E-state index in [1.807, 2.05) is 41.2 Å². The first-order chi connectivity index (χ1) is 15.5. The molecule has 1 aromatic heterocycles. The molecule has 3 aromatic rings. The van der Waals surface area contributed by atoms with E-state index in [9.17, 15) is 4.79 Å². The molecule has 0 fully saturated rings. The molecule has 0 radical (unpaired) electrons. The molecule has 0 aliphatic carbocycles. The first-order valence-corrected chi connectivity index (χ1v) is 10.9. The second kappa shape index (κ2) is 13.6. The van der Waals surface area contributed by atoms with Crippen molar-refractivity contribution in [2.45, 2.75) is 26.4 Å². The van der Waals surface area contributed by atoms with Gasteiger partial charge in [-0.3, -0.25) is 9.48 Å². The van der Waals surface area contributed by atoms with E-state index in [4.69, 9.17) is 4.99 Å². The normalized spacial score (nSPS) is 10.9. The van der Waals surface area contributed by atoms with Crippen LogP contribution in [0.3, 0.4) is 0 Å². The van der Waals surface area contributed by atoms with Crippen molar-refractivity contribution >= 4 is 35.8 Å². The number of amides is 1. The van der Waals surface area contributed by atoms with Gasteiger partial charge in [-0.05, 0) is 48.2 Å². The Bertz CT molecular complexity index is 1030. The van der Waals surface area contributed by atoms with Crippen molar-refractivity contribution in [3.8, 4) is 0 Å². The molecule has 8 heteroatoms. The zero-order valence-corrected chi connectivity index (χ0v) is 21.8. The summed E-state index contributed by atoms with van der Waals surface area (Å²) in [5.74, 6) is 0.801. The molecule has 7 nitrogen and oxygen atoms in total. The largest absolute Gasteiger partial charge is 0.357 e. The van der Waals surface area contributed by atoms with Crippen molar-refractivity contribution in [3.63, 3.8) is 0 Å². The van der Waals surface area contributed by atoms with Gasteiger partial charge in [0.25, 0.3) is 5.91 Å². The van der Waals surface area contributed by atoms with E-state index in [0.717, 1.165) is 43.1 Å². The van der Waals surface area contributed by atoms with Gasteiger partial charge < -0.3 is 15.5 Å². The van der Waals surface area contributed by atoms with Gasteiger partial charge in [0.2, 0.25) is 0 Å². The molecule has 2 aromatic carbocycles. The van der Waals surface area contributed by atoms with Gasteiger partial charge in [-0.25, -0.2) is 4.99 Å². The molecular weight excluding hydrogens is 527 g/mol. The molecule has 1 heterocycles. The van der Waals surface area contributed by atoms with Crippen molar-refractivity contribution in [2.75, 3.05) is 27.2 Å². The lowest BCUT2D eigenvalue weighted by molar-refractivity contribution is 0.0827. The van der Waals surface area contributed by atoms with Crippen molar-refractivity contribution in [2.24, 2.45) is 4.99 Å². The highest BCUT2D eigenvalue weighted by Crippen LogP contribution is 2.09. The smallest absolute Gasteiger partial charge is 0.253 e. The van der Waals surface area contributed by atoms with Crippen LogP contribution >= 0.6 is 24.0 Å². The maximum atomic E-state index is 12.2. The predicted octanol–water partition coefficient (Wildman–Crippen LogP) is 3.55. The fourth-order valence-electron chi connectivity index (χ4n) is 3.36. The summed E-state index contributed by atoms with van der Waals surface area (Å²) < 4.78 is 1.91. The molecule has 0 spiro atoms. The Kier molecular flexibility index (Phi) is 10.9. The first kappa shape index (κ1) is 26.4. The molecule has 0 saturated carbocycles. The van der Waals surface area contributed by atoms with Crippen LogP contribution in [-0.2, 0) is 19.5 Å². The quantitative estimate of drug-likeness (QED) is 0.239. The van der Waals surface area contributed by atoms with E-state index in [2.05, 4.69) is 46.9 Å². The monoisotopic (exact) mass is 560 g/mol. The van der Waals surface area contributed by atoms with Crippen molar-refractivity contribution in [1.29, 1.82) is 0 Å². The summed E-state index contributed by atoms with van der Waals surface area (Å²) in [6, 6.07) is 18.1. The Balaban J connectivity index is 0.00000385. The van der Waals surface area contributed by atoms with Crippen LogP contribution in [0.2, 0.25) is 0 Å². The van der Waals surface area contributed by atoms with Crippen LogP contribution in [0.4, 0.5) is 0 Å².